The maximum atomic E-state index is 12.0. The van der Waals surface area contributed by atoms with E-state index in [9.17, 15) is 4.79 Å². The van der Waals surface area contributed by atoms with Gasteiger partial charge < -0.3 is 4.74 Å². The molecular formula is C43H86O2. The third kappa shape index (κ3) is 41.4. The number of unbranched alkanes of at least 4 members (excludes halogenated alkanes) is 36. The SMILES string of the molecule is CCCCCCCCCCCCCCCCCCCCCCCCCCCCC(=O)OCCCCCCCCCCCCCC. The van der Waals surface area contributed by atoms with Crippen LogP contribution in [-0.2, 0) is 9.53 Å². The van der Waals surface area contributed by atoms with Crippen molar-refractivity contribution in [3.05, 3.63) is 0 Å². The van der Waals surface area contributed by atoms with Crippen molar-refractivity contribution in [3.8, 4) is 0 Å². The number of rotatable bonds is 40. The maximum Gasteiger partial charge on any atom is 0.305 e. The number of hydrogen-bond donors (Lipinski definition) is 0. The largest absolute Gasteiger partial charge is 0.466 e. The maximum absolute atomic E-state index is 12.0. The van der Waals surface area contributed by atoms with Crippen molar-refractivity contribution >= 4 is 5.97 Å². The summed E-state index contributed by atoms with van der Waals surface area (Å²) in [6.07, 6.45) is 53.5. The monoisotopic (exact) mass is 635 g/mol. The van der Waals surface area contributed by atoms with E-state index < -0.39 is 0 Å². The first-order valence-electron chi connectivity index (χ1n) is 21.5. The van der Waals surface area contributed by atoms with Crippen LogP contribution in [0.15, 0.2) is 0 Å². The van der Waals surface area contributed by atoms with Gasteiger partial charge in [0.25, 0.3) is 0 Å². The zero-order valence-corrected chi connectivity index (χ0v) is 31.6. The van der Waals surface area contributed by atoms with Crippen LogP contribution < -0.4 is 0 Å². The van der Waals surface area contributed by atoms with E-state index in [1.807, 2.05) is 0 Å². The molecule has 0 atom stereocenters. The van der Waals surface area contributed by atoms with Gasteiger partial charge in [0.2, 0.25) is 0 Å². The highest BCUT2D eigenvalue weighted by molar-refractivity contribution is 5.69. The molecular weight excluding hydrogens is 548 g/mol. The average molecular weight is 635 g/mol. The molecule has 0 aromatic carbocycles. The average Bonchev–Trinajstić information content (AvgIpc) is 3.05. The summed E-state index contributed by atoms with van der Waals surface area (Å²) in [5, 5.41) is 0. The first kappa shape index (κ1) is 44.5. The summed E-state index contributed by atoms with van der Waals surface area (Å²) in [5.74, 6) is 0.0300. The Kier molecular flexibility index (Phi) is 41.0. The van der Waals surface area contributed by atoms with Gasteiger partial charge in [0.15, 0.2) is 0 Å². The Bertz CT molecular complexity index is 530. The van der Waals surface area contributed by atoms with Crippen LogP contribution in [-0.4, -0.2) is 12.6 Å². The fourth-order valence-electron chi connectivity index (χ4n) is 6.79. The molecule has 0 aliphatic carbocycles. The zero-order chi connectivity index (χ0) is 32.6. The van der Waals surface area contributed by atoms with Gasteiger partial charge in [-0.3, -0.25) is 4.79 Å². The lowest BCUT2D eigenvalue weighted by Crippen LogP contribution is -2.05. The van der Waals surface area contributed by atoms with Gasteiger partial charge in [-0.25, -0.2) is 0 Å². The molecule has 45 heavy (non-hydrogen) atoms. The lowest BCUT2D eigenvalue weighted by molar-refractivity contribution is -0.143. The Balaban J connectivity index is 3.12. The van der Waals surface area contributed by atoms with Crippen molar-refractivity contribution in [3.63, 3.8) is 0 Å². The third-order valence-corrected chi connectivity index (χ3v) is 10.00. The first-order valence-corrected chi connectivity index (χ1v) is 21.5. The van der Waals surface area contributed by atoms with Gasteiger partial charge in [-0.15, -0.1) is 0 Å². The van der Waals surface area contributed by atoms with Crippen LogP contribution in [0.3, 0.4) is 0 Å². The Hall–Kier alpha value is -0.530. The van der Waals surface area contributed by atoms with Crippen LogP contribution in [0, 0.1) is 0 Å². The molecule has 0 aliphatic rings. The molecule has 0 aliphatic heterocycles. The van der Waals surface area contributed by atoms with Crippen molar-refractivity contribution < 1.29 is 9.53 Å². The molecule has 0 rings (SSSR count). The molecule has 0 fully saturated rings. The molecule has 0 spiro atoms. The van der Waals surface area contributed by atoms with Crippen molar-refractivity contribution in [2.24, 2.45) is 0 Å². The van der Waals surface area contributed by atoms with Crippen LogP contribution in [0.5, 0.6) is 0 Å². The van der Waals surface area contributed by atoms with Gasteiger partial charge in [-0.2, -0.15) is 0 Å². The topological polar surface area (TPSA) is 26.3 Å². The number of carbonyl (C=O) groups excluding carboxylic acids is 1. The Morgan fingerprint density at radius 1 is 0.289 bits per heavy atom. The van der Waals surface area contributed by atoms with Crippen molar-refractivity contribution in [2.45, 2.75) is 264 Å². The highest BCUT2D eigenvalue weighted by Gasteiger charge is 2.03. The van der Waals surface area contributed by atoms with E-state index in [0.29, 0.717) is 13.0 Å². The van der Waals surface area contributed by atoms with Crippen LogP contribution >= 0.6 is 0 Å². The minimum absolute atomic E-state index is 0.0300. The smallest absolute Gasteiger partial charge is 0.305 e. The summed E-state index contributed by atoms with van der Waals surface area (Å²) in [6, 6.07) is 0. The van der Waals surface area contributed by atoms with E-state index in [4.69, 9.17) is 4.74 Å². The van der Waals surface area contributed by atoms with Gasteiger partial charge in [-0.1, -0.05) is 245 Å². The molecule has 0 aromatic heterocycles. The molecule has 0 unspecified atom stereocenters. The molecule has 270 valence electrons. The molecule has 0 saturated heterocycles. The van der Waals surface area contributed by atoms with E-state index >= 15 is 0 Å². The fraction of sp³-hybridized carbons (Fsp3) is 0.977. The second kappa shape index (κ2) is 41.5. The Morgan fingerprint density at radius 3 is 0.733 bits per heavy atom. The first-order chi connectivity index (χ1) is 22.3. The van der Waals surface area contributed by atoms with Gasteiger partial charge in [0, 0.05) is 6.42 Å². The number of ether oxygens (including phenoxy) is 1. The van der Waals surface area contributed by atoms with Crippen LogP contribution in [0.2, 0.25) is 0 Å². The molecule has 0 amide bonds. The van der Waals surface area contributed by atoms with E-state index in [-0.39, 0.29) is 5.97 Å². The van der Waals surface area contributed by atoms with Gasteiger partial charge in [-0.05, 0) is 12.8 Å². The molecule has 0 aromatic rings. The predicted molar refractivity (Wildman–Crippen MR) is 202 cm³/mol. The molecule has 0 N–H and O–H groups in total. The van der Waals surface area contributed by atoms with E-state index in [0.717, 1.165) is 12.8 Å². The quantitative estimate of drug-likeness (QED) is 0.0495. The summed E-state index contributed by atoms with van der Waals surface area (Å²) >= 11 is 0. The number of hydrogen-bond acceptors (Lipinski definition) is 2. The van der Waals surface area contributed by atoms with Crippen molar-refractivity contribution in [1.29, 1.82) is 0 Å². The Morgan fingerprint density at radius 2 is 0.489 bits per heavy atom. The molecule has 0 radical (unpaired) electrons. The normalized spacial score (nSPS) is 11.4. The van der Waals surface area contributed by atoms with Crippen molar-refractivity contribution in [2.75, 3.05) is 6.61 Å². The summed E-state index contributed by atoms with van der Waals surface area (Å²) in [4.78, 5) is 12.0. The van der Waals surface area contributed by atoms with Gasteiger partial charge in [0.05, 0.1) is 6.61 Å². The molecule has 0 bridgehead atoms. The summed E-state index contributed by atoms with van der Waals surface area (Å²) in [5.41, 5.74) is 0. The standard InChI is InChI=1S/C43H86O2/c1-3-5-7-9-11-13-15-17-18-19-20-21-22-23-24-25-26-27-28-29-30-31-33-35-37-39-41-43(44)45-42-40-38-36-34-32-16-14-12-10-8-6-4-2/h3-42H2,1-2H3. The number of carbonyl (C=O) groups is 1. The molecule has 0 heterocycles. The van der Waals surface area contributed by atoms with Gasteiger partial charge >= 0.3 is 5.97 Å². The third-order valence-electron chi connectivity index (χ3n) is 10.00. The predicted octanol–water partition coefficient (Wildman–Crippen LogP) is 15.8. The summed E-state index contributed by atoms with van der Waals surface area (Å²) in [6.45, 7) is 5.22. The zero-order valence-electron chi connectivity index (χ0n) is 31.6. The minimum Gasteiger partial charge on any atom is -0.466 e. The second-order valence-corrected chi connectivity index (χ2v) is 14.7. The van der Waals surface area contributed by atoms with Gasteiger partial charge in [0.1, 0.15) is 0 Å². The van der Waals surface area contributed by atoms with Crippen LogP contribution in [0.1, 0.15) is 264 Å². The number of esters is 1. The molecule has 0 saturated carbocycles. The summed E-state index contributed by atoms with van der Waals surface area (Å²) in [7, 11) is 0. The minimum atomic E-state index is 0.0300. The van der Waals surface area contributed by atoms with E-state index in [2.05, 4.69) is 13.8 Å². The molecule has 2 heteroatoms. The van der Waals surface area contributed by atoms with Crippen LogP contribution in [0.25, 0.3) is 0 Å². The van der Waals surface area contributed by atoms with E-state index in [1.165, 1.54) is 231 Å². The fourth-order valence-corrected chi connectivity index (χ4v) is 6.79. The lowest BCUT2D eigenvalue weighted by Gasteiger charge is -2.06. The summed E-state index contributed by atoms with van der Waals surface area (Å²) < 4.78 is 5.45. The van der Waals surface area contributed by atoms with Crippen LogP contribution in [0.4, 0.5) is 0 Å². The Labute approximate surface area is 285 Å². The van der Waals surface area contributed by atoms with E-state index in [1.54, 1.807) is 0 Å². The highest BCUT2D eigenvalue weighted by Crippen LogP contribution is 2.17. The van der Waals surface area contributed by atoms with Crippen molar-refractivity contribution in [1.82, 2.24) is 0 Å². The second-order valence-electron chi connectivity index (χ2n) is 14.7. The molecule has 2 nitrogen and oxygen atoms in total. The highest BCUT2D eigenvalue weighted by atomic mass is 16.5. The lowest BCUT2D eigenvalue weighted by atomic mass is 10.0.